The molecule has 0 aromatic heterocycles. The van der Waals surface area contributed by atoms with Gasteiger partial charge in [0.2, 0.25) is 0 Å². The van der Waals surface area contributed by atoms with E-state index in [1.807, 2.05) is 0 Å². The second-order valence-electron chi connectivity index (χ2n) is 21.0. The van der Waals surface area contributed by atoms with Crippen molar-refractivity contribution in [3.8, 4) is 17.2 Å². The van der Waals surface area contributed by atoms with Crippen LogP contribution in [-0.2, 0) is 35.5 Å². The molecule has 0 spiro atoms. The van der Waals surface area contributed by atoms with Gasteiger partial charge in [-0.15, -0.1) is 0 Å². The fourth-order valence-electron chi connectivity index (χ4n) is 9.01. The Morgan fingerprint density at radius 1 is 0.561 bits per heavy atom. The third-order valence-corrected chi connectivity index (χ3v) is 14.9. The molecule has 1 aliphatic rings. The zero-order valence-electron chi connectivity index (χ0n) is 39.4. The van der Waals surface area contributed by atoms with Gasteiger partial charge in [0, 0.05) is 16.7 Å². The molecule has 0 saturated heterocycles. The van der Waals surface area contributed by atoms with Crippen molar-refractivity contribution in [1.29, 1.82) is 0 Å². The lowest BCUT2D eigenvalue weighted by molar-refractivity contribution is 0.277. The van der Waals surface area contributed by atoms with E-state index in [4.69, 9.17) is 0 Å². The molecule has 3 heteroatoms. The van der Waals surface area contributed by atoms with Crippen molar-refractivity contribution in [2.75, 3.05) is 0 Å². The van der Waals surface area contributed by atoms with Gasteiger partial charge >= 0.3 is 0 Å². The summed E-state index contributed by atoms with van der Waals surface area (Å²) in [5, 5.41) is 34.8. The van der Waals surface area contributed by atoms with E-state index in [1.54, 1.807) is 0 Å². The molecule has 0 saturated carbocycles. The van der Waals surface area contributed by atoms with Gasteiger partial charge < -0.3 is 15.3 Å². The van der Waals surface area contributed by atoms with Crippen molar-refractivity contribution in [1.82, 2.24) is 0 Å². The van der Waals surface area contributed by atoms with E-state index in [1.165, 1.54) is 33.4 Å². The van der Waals surface area contributed by atoms with Crippen LogP contribution in [0.25, 0.3) is 0 Å². The van der Waals surface area contributed by atoms with E-state index in [-0.39, 0.29) is 45.3 Å². The van der Waals surface area contributed by atoms with Crippen molar-refractivity contribution in [2.24, 2.45) is 11.3 Å². The van der Waals surface area contributed by atoms with Crippen LogP contribution in [0.4, 0.5) is 0 Å². The normalized spacial score (nSPS) is 18.3. The topological polar surface area (TPSA) is 60.7 Å². The number of aromatic hydroxyl groups is 3. The van der Waals surface area contributed by atoms with Gasteiger partial charge in [0.05, 0.1) is 0 Å². The maximum atomic E-state index is 11.6. The summed E-state index contributed by atoms with van der Waals surface area (Å²) in [5.74, 6) is 2.19. The van der Waals surface area contributed by atoms with Crippen LogP contribution < -0.4 is 0 Å². The van der Waals surface area contributed by atoms with Crippen LogP contribution in [0.1, 0.15) is 212 Å². The van der Waals surface area contributed by atoms with Gasteiger partial charge in [-0.2, -0.15) is 0 Å². The van der Waals surface area contributed by atoms with Crippen molar-refractivity contribution in [3.05, 3.63) is 109 Å². The van der Waals surface area contributed by atoms with Crippen LogP contribution in [0.5, 0.6) is 17.2 Å². The van der Waals surface area contributed by atoms with E-state index in [0.717, 1.165) is 71.9 Å². The number of rotatable bonds is 15. The summed E-state index contributed by atoms with van der Waals surface area (Å²) in [6.07, 6.45) is 7.77. The van der Waals surface area contributed by atoms with Gasteiger partial charge in [-0.3, -0.25) is 0 Å². The highest BCUT2D eigenvalue weighted by Gasteiger charge is 2.40. The fourth-order valence-corrected chi connectivity index (χ4v) is 9.01. The molecule has 57 heavy (non-hydrogen) atoms. The number of hydrogen-bond acceptors (Lipinski definition) is 3. The Hall–Kier alpha value is -3.46. The summed E-state index contributed by atoms with van der Waals surface area (Å²) in [4.78, 5) is 0. The van der Waals surface area contributed by atoms with Gasteiger partial charge in [-0.05, 0) is 130 Å². The summed E-state index contributed by atoms with van der Waals surface area (Å²) in [6.45, 7) is 40.4. The minimum atomic E-state index is -0.203. The van der Waals surface area contributed by atoms with Crippen LogP contribution in [-0.4, -0.2) is 15.3 Å². The van der Waals surface area contributed by atoms with Crippen LogP contribution in [0.3, 0.4) is 0 Å². The largest absolute Gasteiger partial charge is 0.507 e. The quantitative estimate of drug-likeness (QED) is 0.144. The van der Waals surface area contributed by atoms with Gasteiger partial charge in [0.1, 0.15) is 17.2 Å². The van der Waals surface area contributed by atoms with Gasteiger partial charge in [0.25, 0.3) is 0 Å². The molecule has 314 valence electrons. The molecule has 0 heterocycles. The number of hydrogen-bond donors (Lipinski definition) is 3. The van der Waals surface area contributed by atoms with Crippen LogP contribution in [0.2, 0.25) is 0 Å². The monoisotopic (exact) mass is 777 g/mol. The maximum Gasteiger partial charge on any atom is 0.122 e. The number of phenolic OH excluding ortho intramolecular Hbond substituents is 3. The molecule has 0 aliphatic heterocycles. The SMILES string of the molecule is CCC(C)(C)c1cc(CC2=CC(Cc3cc(C(C)C)c(O)c(C(C)(C)CC)c3)=C(C)C(C)(Cc3cc(C(C)C)c(O)c(C(C)(C)CC)c3)C2C)cc(C(C)C)c1O. The van der Waals surface area contributed by atoms with Crippen LogP contribution in [0.15, 0.2) is 59.2 Å². The second kappa shape index (κ2) is 17.0. The van der Waals surface area contributed by atoms with Gasteiger partial charge in [-0.1, -0.05) is 171 Å². The molecule has 0 bridgehead atoms. The molecule has 2 unspecified atom stereocenters. The Labute approximate surface area is 349 Å². The van der Waals surface area contributed by atoms with E-state index < -0.39 is 0 Å². The minimum Gasteiger partial charge on any atom is -0.507 e. The lowest BCUT2D eigenvalue weighted by Gasteiger charge is -2.44. The number of benzene rings is 3. The van der Waals surface area contributed by atoms with Crippen molar-refractivity contribution in [2.45, 2.75) is 197 Å². The fraction of sp³-hybridized carbons (Fsp3) is 0.593. The minimum absolute atomic E-state index is 0.152. The molecule has 0 radical (unpaired) electrons. The molecular formula is C54H80O3. The first-order valence-electron chi connectivity index (χ1n) is 22.3. The van der Waals surface area contributed by atoms with Crippen molar-refractivity contribution in [3.63, 3.8) is 0 Å². The lowest BCUT2D eigenvalue weighted by Crippen LogP contribution is -2.35. The summed E-state index contributed by atoms with van der Waals surface area (Å²) in [6, 6.07) is 13.6. The second-order valence-corrected chi connectivity index (χ2v) is 21.0. The smallest absolute Gasteiger partial charge is 0.122 e. The maximum absolute atomic E-state index is 11.6. The summed E-state index contributed by atoms with van der Waals surface area (Å²) < 4.78 is 0. The zero-order chi connectivity index (χ0) is 43.2. The molecule has 1 aliphatic carbocycles. The molecule has 0 amide bonds. The lowest BCUT2D eigenvalue weighted by atomic mass is 9.61. The number of phenols is 3. The molecule has 4 rings (SSSR count). The molecular weight excluding hydrogens is 697 g/mol. The zero-order valence-corrected chi connectivity index (χ0v) is 39.4. The summed E-state index contributed by atoms with van der Waals surface area (Å²) in [7, 11) is 0. The van der Waals surface area contributed by atoms with Crippen LogP contribution >= 0.6 is 0 Å². The highest BCUT2D eigenvalue weighted by atomic mass is 16.3. The third kappa shape index (κ3) is 9.24. The Bertz CT molecular complexity index is 2000. The standard InChI is InChI=1S/C54H80O3/c1-19-51(12,13)45-27-37(24-42(32(4)5)48(45)55)22-40-30-41(23-38-25-43(33(6)7)49(56)46(28-38)52(14,15)20-2)36(11)54(18,35(40)10)31-39-26-44(34(8)9)50(57)47(29-39)53(16,17)21-3/h24-30,32-35,55-57H,19-23,31H2,1-18H3. The first kappa shape index (κ1) is 46.2. The molecule has 3 aromatic carbocycles. The summed E-state index contributed by atoms with van der Waals surface area (Å²) >= 11 is 0. The van der Waals surface area contributed by atoms with E-state index in [9.17, 15) is 15.3 Å². The molecule has 2 atom stereocenters. The average Bonchev–Trinajstić information content (AvgIpc) is 3.13. The summed E-state index contributed by atoms with van der Waals surface area (Å²) in [5.41, 5.74) is 13.5. The Morgan fingerprint density at radius 3 is 1.25 bits per heavy atom. The van der Waals surface area contributed by atoms with Gasteiger partial charge in [-0.25, -0.2) is 0 Å². The van der Waals surface area contributed by atoms with Crippen molar-refractivity contribution < 1.29 is 15.3 Å². The predicted molar refractivity (Wildman–Crippen MR) is 246 cm³/mol. The average molecular weight is 777 g/mol. The molecule has 3 aromatic rings. The first-order valence-corrected chi connectivity index (χ1v) is 22.3. The highest BCUT2D eigenvalue weighted by Crippen LogP contribution is 2.51. The highest BCUT2D eigenvalue weighted by molar-refractivity contribution is 5.54. The number of allylic oxidation sites excluding steroid dienone is 4. The van der Waals surface area contributed by atoms with Crippen LogP contribution in [0, 0.1) is 11.3 Å². The van der Waals surface area contributed by atoms with Crippen molar-refractivity contribution >= 4 is 0 Å². The van der Waals surface area contributed by atoms with E-state index in [2.05, 4.69) is 167 Å². The predicted octanol–water partition coefficient (Wildman–Crippen LogP) is 15.2. The molecule has 3 N–H and O–H groups in total. The van der Waals surface area contributed by atoms with Gasteiger partial charge in [0.15, 0.2) is 0 Å². The molecule has 3 nitrogen and oxygen atoms in total. The third-order valence-electron chi connectivity index (χ3n) is 14.9. The Morgan fingerprint density at radius 2 is 0.895 bits per heavy atom. The Kier molecular flexibility index (Phi) is 13.8. The molecule has 0 fully saturated rings. The van der Waals surface area contributed by atoms with E-state index >= 15 is 0 Å². The first-order chi connectivity index (χ1) is 26.3. The van der Waals surface area contributed by atoms with E-state index in [0.29, 0.717) is 17.2 Å². The Balaban J connectivity index is 2.00.